The highest BCUT2D eigenvalue weighted by molar-refractivity contribution is 8.15. The molecule has 1 amide bonds. The predicted octanol–water partition coefficient (Wildman–Crippen LogP) is 1.70. The minimum absolute atomic E-state index is 0.0126. The van der Waals surface area contributed by atoms with Crippen molar-refractivity contribution < 1.29 is 4.79 Å². The largest absolute Gasteiger partial charge is 0.303 e. The Morgan fingerprint density at radius 2 is 2.22 bits per heavy atom. The van der Waals surface area contributed by atoms with E-state index >= 15 is 0 Å². The molecule has 1 heterocycles. The summed E-state index contributed by atoms with van der Waals surface area (Å²) in [5, 5.41) is 7.57. The number of thioether (sulfide) groups is 1. The standard InChI is InChI=1S/C13H13N3OS/c17-12-8-18-13(14-12)16-15-11-7-3-5-9-4-1-2-6-10(9)11/h1-2,4,6-7,15H,3,5,8H2,(H,14,16,17). The Hall–Kier alpha value is -1.75. The molecule has 1 aliphatic carbocycles. The number of benzene rings is 1. The van der Waals surface area contributed by atoms with Crippen LogP contribution in [0.5, 0.6) is 0 Å². The smallest absolute Gasteiger partial charge is 0.236 e. The van der Waals surface area contributed by atoms with Crippen molar-refractivity contribution in [3.63, 3.8) is 0 Å². The maximum atomic E-state index is 11.0. The minimum Gasteiger partial charge on any atom is -0.303 e. The van der Waals surface area contributed by atoms with Gasteiger partial charge in [0, 0.05) is 5.56 Å². The second-order valence-corrected chi connectivity index (χ2v) is 5.14. The lowest BCUT2D eigenvalue weighted by Crippen LogP contribution is -2.22. The van der Waals surface area contributed by atoms with Crippen molar-refractivity contribution >= 4 is 28.5 Å². The summed E-state index contributed by atoms with van der Waals surface area (Å²) in [4.78, 5) is 11.0. The third-order valence-corrected chi connectivity index (χ3v) is 3.81. The summed E-state index contributed by atoms with van der Waals surface area (Å²) in [6, 6.07) is 8.32. The topological polar surface area (TPSA) is 53.5 Å². The number of rotatable bonds is 2. The summed E-state index contributed by atoms with van der Waals surface area (Å²) in [5.74, 6) is 0.467. The van der Waals surface area contributed by atoms with E-state index in [0.29, 0.717) is 10.9 Å². The van der Waals surface area contributed by atoms with E-state index in [1.165, 1.54) is 22.9 Å². The van der Waals surface area contributed by atoms with Crippen LogP contribution in [-0.4, -0.2) is 16.8 Å². The zero-order valence-electron chi connectivity index (χ0n) is 9.77. The van der Waals surface area contributed by atoms with E-state index in [9.17, 15) is 4.79 Å². The summed E-state index contributed by atoms with van der Waals surface area (Å²) in [6.45, 7) is 0. The highest BCUT2D eigenvalue weighted by atomic mass is 32.2. The van der Waals surface area contributed by atoms with Crippen LogP contribution in [0.1, 0.15) is 17.5 Å². The van der Waals surface area contributed by atoms with E-state index in [4.69, 9.17) is 0 Å². The van der Waals surface area contributed by atoms with Crippen molar-refractivity contribution in [2.24, 2.45) is 5.10 Å². The number of carbonyl (C=O) groups is 1. The number of amides is 1. The highest BCUT2D eigenvalue weighted by Gasteiger charge is 2.17. The third-order valence-electron chi connectivity index (χ3n) is 2.93. The van der Waals surface area contributed by atoms with E-state index in [1.54, 1.807) is 0 Å². The molecule has 0 atom stereocenters. The third kappa shape index (κ3) is 2.26. The molecule has 1 saturated heterocycles. The van der Waals surface area contributed by atoms with Crippen molar-refractivity contribution in [3.05, 3.63) is 41.5 Å². The first-order chi connectivity index (χ1) is 8.83. The van der Waals surface area contributed by atoms with Crippen molar-refractivity contribution in [1.29, 1.82) is 0 Å². The van der Waals surface area contributed by atoms with Gasteiger partial charge in [-0.3, -0.25) is 10.2 Å². The fourth-order valence-corrected chi connectivity index (χ4v) is 2.72. The van der Waals surface area contributed by atoms with Crippen LogP contribution in [0.3, 0.4) is 0 Å². The Balaban J connectivity index is 1.77. The van der Waals surface area contributed by atoms with Gasteiger partial charge in [0.05, 0.1) is 11.4 Å². The molecule has 0 aromatic heterocycles. The van der Waals surface area contributed by atoms with Gasteiger partial charge in [-0.15, -0.1) is 5.10 Å². The Morgan fingerprint density at radius 3 is 3.06 bits per heavy atom. The normalized spacial score (nSPS) is 20.3. The van der Waals surface area contributed by atoms with Crippen LogP contribution >= 0.6 is 11.8 Å². The van der Waals surface area contributed by atoms with Gasteiger partial charge in [0.15, 0.2) is 5.17 Å². The number of aryl methyl sites for hydroxylation is 1. The van der Waals surface area contributed by atoms with Crippen molar-refractivity contribution in [2.45, 2.75) is 12.8 Å². The number of hydrazone groups is 1. The van der Waals surface area contributed by atoms with Gasteiger partial charge in [-0.2, -0.15) is 0 Å². The molecule has 3 rings (SSSR count). The molecule has 0 spiro atoms. The number of carbonyl (C=O) groups excluding carboxylic acids is 1. The van der Waals surface area contributed by atoms with Gasteiger partial charge in [0.2, 0.25) is 5.91 Å². The number of hydrogen-bond donors (Lipinski definition) is 2. The van der Waals surface area contributed by atoms with Crippen LogP contribution in [0, 0.1) is 0 Å². The van der Waals surface area contributed by atoms with Crippen LogP contribution in [0.2, 0.25) is 0 Å². The number of nitrogens with zero attached hydrogens (tertiary/aromatic N) is 1. The van der Waals surface area contributed by atoms with Gasteiger partial charge in [-0.1, -0.05) is 42.1 Å². The second kappa shape index (κ2) is 4.86. The first-order valence-electron chi connectivity index (χ1n) is 5.88. The zero-order chi connectivity index (χ0) is 12.4. The maximum Gasteiger partial charge on any atom is 0.236 e. The molecule has 2 aliphatic rings. The van der Waals surface area contributed by atoms with Crippen LogP contribution in [0.4, 0.5) is 0 Å². The van der Waals surface area contributed by atoms with E-state index in [-0.39, 0.29) is 5.91 Å². The molecular formula is C13H13N3OS. The Kier molecular flexibility index (Phi) is 3.06. The summed E-state index contributed by atoms with van der Waals surface area (Å²) in [5.41, 5.74) is 6.61. The molecule has 92 valence electrons. The molecule has 1 aromatic carbocycles. The molecule has 1 aromatic rings. The zero-order valence-corrected chi connectivity index (χ0v) is 10.6. The van der Waals surface area contributed by atoms with Crippen molar-refractivity contribution in [3.8, 4) is 0 Å². The second-order valence-electron chi connectivity index (χ2n) is 4.18. The minimum atomic E-state index is 0.0126. The predicted molar refractivity (Wildman–Crippen MR) is 73.9 cm³/mol. The lowest BCUT2D eigenvalue weighted by atomic mass is 9.95. The number of amidine groups is 1. The quantitative estimate of drug-likeness (QED) is 0.795. The summed E-state index contributed by atoms with van der Waals surface area (Å²) >= 11 is 1.42. The maximum absolute atomic E-state index is 11.0. The van der Waals surface area contributed by atoms with Gasteiger partial charge in [0.1, 0.15) is 0 Å². The van der Waals surface area contributed by atoms with Crippen molar-refractivity contribution in [2.75, 3.05) is 5.75 Å². The Bertz CT molecular complexity index is 551. The first-order valence-corrected chi connectivity index (χ1v) is 6.86. The lowest BCUT2D eigenvalue weighted by Gasteiger charge is -2.16. The number of nitrogens with one attached hydrogen (secondary N) is 2. The van der Waals surface area contributed by atoms with Crippen LogP contribution in [0.15, 0.2) is 35.4 Å². The van der Waals surface area contributed by atoms with E-state index in [0.717, 1.165) is 18.5 Å². The van der Waals surface area contributed by atoms with Crippen LogP contribution in [0.25, 0.3) is 5.70 Å². The average molecular weight is 259 g/mol. The monoisotopic (exact) mass is 259 g/mol. The fourth-order valence-electron chi connectivity index (χ4n) is 2.09. The molecule has 0 unspecified atom stereocenters. The summed E-state index contributed by atoms with van der Waals surface area (Å²) in [7, 11) is 0. The molecule has 5 heteroatoms. The van der Waals surface area contributed by atoms with Gasteiger partial charge in [-0.05, 0) is 18.4 Å². The van der Waals surface area contributed by atoms with E-state index < -0.39 is 0 Å². The molecule has 0 bridgehead atoms. The number of allylic oxidation sites excluding steroid dienone is 1. The fraction of sp³-hybridized carbons (Fsp3) is 0.231. The molecule has 18 heavy (non-hydrogen) atoms. The highest BCUT2D eigenvalue weighted by Crippen LogP contribution is 2.24. The molecule has 1 aliphatic heterocycles. The molecule has 2 N–H and O–H groups in total. The van der Waals surface area contributed by atoms with Crippen LogP contribution < -0.4 is 10.7 Å². The summed E-state index contributed by atoms with van der Waals surface area (Å²) in [6.07, 6.45) is 4.24. The van der Waals surface area contributed by atoms with Gasteiger partial charge in [-0.25, -0.2) is 0 Å². The Morgan fingerprint density at radius 1 is 1.33 bits per heavy atom. The molecular weight excluding hydrogens is 246 g/mol. The first kappa shape index (κ1) is 11.3. The van der Waals surface area contributed by atoms with Gasteiger partial charge >= 0.3 is 0 Å². The van der Waals surface area contributed by atoms with Crippen molar-refractivity contribution in [1.82, 2.24) is 10.7 Å². The molecule has 0 saturated carbocycles. The molecule has 4 nitrogen and oxygen atoms in total. The Labute approximate surface area is 110 Å². The molecule has 0 radical (unpaired) electrons. The number of hydrogen-bond acceptors (Lipinski definition) is 4. The van der Waals surface area contributed by atoms with E-state index in [1.807, 2.05) is 6.07 Å². The number of fused-ring (bicyclic) bond motifs is 1. The van der Waals surface area contributed by atoms with Gasteiger partial charge in [0.25, 0.3) is 0 Å². The SMILES string of the molecule is O=C1CS/C(=N/NC2=CCCc3ccccc32)N1. The van der Waals surface area contributed by atoms with Gasteiger partial charge < -0.3 is 5.32 Å². The summed E-state index contributed by atoms with van der Waals surface area (Å²) < 4.78 is 0. The average Bonchev–Trinajstić information content (AvgIpc) is 2.82. The van der Waals surface area contributed by atoms with Crippen LogP contribution in [-0.2, 0) is 11.2 Å². The molecule has 1 fully saturated rings. The lowest BCUT2D eigenvalue weighted by molar-refractivity contribution is -0.116. The van der Waals surface area contributed by atoms with E-state index in [2.05, 4.69) is 40.1 Å².